The molecule has 0 aliphatic heterocycles. The monoisotopic (exact) mass is 215 g/mol. The van der Waals surface area contributed by atoms with Gasteiger partial charge >= 0.3 is 6.18 Å². The summed E-state index contributed by atoms with van der Waals surface area (Å²) < 4.78 is 35.9. The third kappa shape index (κ3) is 3.42. The van der Waals surface area contributed by atoms with Crippen molar-refractivity contribution >= 4 is 17.5 Å². The highest BCUT2D eigenvalue weighted by molar-refractivity contribution is 6.27. The number of hydrogen-bond donors (Lipinski definition) is 0. The van der Waals surface area contributed by atoms with Crippen LogP contribution in [0.2, 0.25) is 0 Å². The van der Waals surface area contributed by atoms with Crippen molar-refractivity contribution in [2.75, 3.05) is 12.4 Å². The summed E-state index contributed by atoms with van der Waals surface area (Å²) in [5, 5.41) is 0. The molecule has 0 radical (unpaired) electrons. The molecule has 1 aliphatic rings. The molecule has 0 aromatic rings. The standard InChI is InChI=1S/C7H9ClF3NO/c8-3-6(13)12(5-1-2-5)4-7(9,10)11/h5H,1-4H2. The molecule has 1 fully saturated rings. The second kappa shape index (κ2) is 3.74. The predicted molar refractivity (Wildman–Crippen MR) is 41.5 cm³/mol. The maximum absolute atomic E-state index is 12.0. The molecule has 76 valence electrons. The minimum atomic E-state index is -4.33. The van der Waals surface area contributed by atoms with E-state index in [2.05, 4.69) is 0 Å². The van der Waals surface area contributed by atoms with E-state index in [1.165, 1.54) is 0 Å². The summed E-state index contributed by atoms with van der Waals surface area (Å²) in [5.41, 5.74) is 0. The second-order valence-electron chi connectivity index (χ2n) is 3.00. The van der Waals surface area contributed by atoms with Crippen LogP contribution in [0.5, 0.6) is 0 Å². The maximum Gasteiger partial charge on any atom is 0.406 e. The minimum absolute atomic E-state index is 0.243. The van der Waals surface area contributed by atoms with Gasteiger partial charge in [0.15, 0.2) is 0 Å². The topological polar surface area (TPSA) is 20.3 Å². The minimum Gasteiger partial charge on any atom is -0.330 e. The van der Waals surface area contributed by atoms with Crippen LogP contribution in [0, 0.1) is 0 Å². The van der Waals surface area contributed by atoms with E-state index in [9.17, 15) is 18.0 Å². The maximum atomic E-state index is 12.0. The molecule has 0 saturated heterocycles. The lowest BCUT2D eigenvalue weighted by Gasteiger charge is -2.22. The molecule has 1 saturated carbocycles. The van der Waals surface area contributed by atoms with Gasteiger partial charge in [-0.15, -0.1) is 11.6 Å². The molecule has 0 bridgehead atoms. The van der Waals surface area contributed by atoms with Crippen molar-refractivity contribution in [3.63, 3.8) is 0 Å². The average Bonchev–Trinajstić information content (AvgIpc) is 2.79. The molecule has 1 rings (SSSR count). The van der Waals surface area contributed by atoms with Gasteiger partial charge in [-0.1, -0.05) is 0 Å². The van der Waals surface area contributed by atoms with Crippen molar-refractivity contribution in [2.24, 2.45) is 0 Å². The Morgan fingerprint density at radius 1 is 1.46 bits per heavy atom. The number of nitrogens with zero attached hydrogens (tertiary/aromatic N) is 1. The third-order valence-electron chi connectivity index (χ3n) is 1.77. The number of carbonyl (C=O) groups is 1. The van der Waals surface area contributed by atoms with Crippen LogP contribution in [0.1, 0.15) is 12.8 Å². The smallest absolute Gasteiger partial charge is 0.330 e. The lowest BCUT2D eigenvalue weighted by molar-refractivity contribution is -0.160. The number of amides is 1. The van der Waals surface area contributed by atoms with Gasteiger partial charge in [-0.05, 0) is 12.8 Å². The van der Waals surface area contributed by atoms with Crippen LogP contribution in [0.25, 0.3) is 0 Å². The van der Waals surface area contributed by atoms with E-state index in [1.807, 2.05) is 0 Å². The molecule has 0 aromatic heterocycles. The molecule has 1 aliphatic carbocycles. The van der Waals surface area contributed by atoms with Crippen LogP contribution in [0.3, 0.4) is 0 Å². The van der Waals surface area contributed by atoms with Crippen LogP contribution >= 0.6 is 11.6 Å². The Labute approximate surface area is 78.6 Å². The van der Waals surface area contributed by atoms with Crippen molar-refractivity contribution < 1.29 is 18.0 Å². The van der Waals surface area contributed by atoms with Gasteiger partial charge in [-0.3, -0.25) is 4.79 Å². The highest BCUT2D eigenvalue weighted by Crippen LogP contribution is 2.30. The summed E-state index contributed by atoms with van der Waals surface area (Å²) in [6.07, 6.45) is -3.03. The van der Waals surface area contributed by atoms with Gasteiger partial charge in [0.25, 0.3) is 0 Å². The van der Waals surface area contributed by atoms with Gasteiger partial charge in [-0.2, -0.15) is 13.2 Å². The van der Waals surface area contributed by atoms with Gasteiger partial charge in [0.1, 0.15) is 12.4 Å². The Kier molecular flexibility index (Phi) is 3.05. The fourth-order valence-electron chi connectivity index (χ4n) is 1.08. The van der Waals surface area contributed by atoms with Crippen molar-refractivity contribution in [3.05, 3.63) is 0 Å². The highest BCUT2D eigenvalue weighted by atomic mass is 35.5. The Morgan fingerprint density at radius 3 is 2.31 bits per heavy atom. The van der Waals surface area contributed by atoms with Gasteiger partial charge in [0, 0.05) is 6.04 Å². The number of alkyl halides is 4. The molecule has 1 amide bonds. The molecule has 0 heterocycles. The van der Waals surface area contributed by atoms with E-state index in [-0.39, 0.29) is 11.9 Å². The van der Waals surface area contributed by atoms with E-state index in [4.69, 9.17) is 11.6 Å². The molecule has 13 heavy (non-hydrogen) atoms. The fourth-order valence-corrected chi connectivity index (χ4v) is 1.23. The molecule has 0 unspecified atom stereocenters. The number of rotatable bonds is 3. The van der Waals surface area contributed by atoms with Crippen LogP contribution in [-0.4, -0.2) is 35.4 Å². The Balaban J connectivity index is 2.52. The van der Waals surface area contributed by atoms with Crippen LogP contribution in [-0.2, 0) is 4.79 Å². The Morgan fingerprint density at radius 2 is 2.00 bits per heavy atom. The summed E-state index contributed by atoms with van der Waals surface area (Å²) in [7, 11) is 0. The normalized spacial score (nSPS) is 17.2. The zero-order valence-corrected chi connectivity index (χ0v) is 7.53. The van der Waals surface area contributed by atoms with Crippen LogP contribution in [0.15, 0.2) is 0 Å². The zero-order valence-electron chi connectivity index (χ0n) is 6.77. The first-order chi connectivity index (χ1) is 5.94. The fraction of sp³-hybridized carbons (Fsp3) is 0.857. The summed E-state index contributed by atoms with van der Waals surface area (Å²) >= 11 is 5.19. The average molecular weight is 216 g/mol. The first kappa shape index (κ1) is 10.6. The molecule has 0 atom stereocenters. The largest absolute Gasteiger partial charge is 0.406 e. The first-order valence-corrected chi connectivity index (χ1v) is 4.39. The highest BCUT2D eigenvalue weighted by Gasteiger charge is 2.40. The Bertz CT molecular complexity index is 202. The quantitative estimate of drug-likeness (QED) is 0.658. The van der Waals surface area contributed by atoms with Gasteiger partial charge in [0.2, 0.25) is 5.91 Å². The van der Waals surface area contributed by atoms with Crippen LogP contribution in [0.4, 0.5) is 13.2 Å². The summed E-state index contributed by atoms with van der Waals surface area (Å²) in [6, 6.07) is -0.243. The lowest BCUT2D eigenvalue weighted by atomic mass is 10.4. The van der Waals surface area contributed by atoms with E-state index >= 15 is 0 Å². The molecule has 0 aromatic carbocycles. The van der Waals surface area contributed by atoms with Gasteiger partial charge in [0.05, 0.1) is 0 Å². The summed E-state index contributed by atoms with van der Waals surface area (Å²) in [5.74, 6) is -1.02. The lowest BCUT2D eigenvalue weighted by Crippen LogP contribution is -2.41. The summed E-state index contributed by atoms with van der Waals surface area (Å²) in [4.78, 5) is 11.8. The number of halogens is 4. The number of hydrogen-bond acceptors (Lipinski definition) is 1. The van der Waals surface area contributed by atoms with Crippen molar-refractivity contribution in [1.29, 1.82) is 0 Å². The number of carbonyl (C=O) groups excluding carboxylic acids is 1. The SMILES string of the molecule is O=C(CCl)N(CC(F)(F)F)C1CC1. The van der Waals surface area contributed by atoms with Crippen molar-refractivity contribution in [2.45, 2.75) is 25.1 Å². The first-order valence-electron chi connectivity index (χ1n) is 3.86. The molecule has 0 N–H and O–H groups in total. The summed E-state index contributed by atoms with van der Waals surface area (Å²) in [6.45, 7) is -1.18. The molecule has 0 spiro atoms. The van der Waals surface area contributed by atoms with E-state index in [0.29, 0.717) is 12.8 Å². The van der Waals surface area contributed by atoms with E-state index in [1.54, 1.807) is 0 Å². The van der Waals surface area contributed by atoms with Gasteiger partial charge < -0.3 is 4.90 Å². The van der Waals surface area contributed by atoms with E-state index in [0.717, 1.165) is 4.90 Å². The molecule has 2 nitrogen and oxygen atoms in total. The second-order valence-corrected chi connectivity index (χ2v) is 3.27. The van der Waals surface area contributed by atoms with Crippen molar-refractivity contribution in [3.8, 4) is 0 Å². The molecule has 6 heteroatoms. The van der Waals surface area contributed by atoms with Crippen LogP contribution < -0.4 is 0 Å². The zero-order chi connectivity index (χ0) is 10.1. The third-order valence-corrected chi connectivity index (χ3v) is 2.00. The molecular weight excluding hydrogens is 207 g/mol. The molecular formula is C7H9ClF3NO. The van der Waals surface area contributed by atoms with Crippen molar-refractivity contribution in [1.82, 2.24) is 4.90 Å². The van der Waals surface area contributed by atoms with E-state index < -0.39 is 18.6 Å². The predicted octanol–water partition coefficient (Wildman–Crippen LogP) is 1.78. The van der Waals surface area contributed by atoms with Gasteiger partial charge in [-0.25, -0.2) is 0 Å². The Hall–Kier alpha value is -0.450.